The molecule has 0 aliphatic heterocycles. The molecule has 0 saturated carbocycles. The molecule has 8 N–H and O–H groups in total. The van der Waals surface area contributed by atoms with Crippen molar-refractivity contribution in [2.24, 2.45) is 17.2 Å². The van der Waals surface area contributed by atoms with Crippen LogP contribution in [0.5, 0.6) is 0 Å². The number of primary amides is 2. The predicted octanol–water partition coefficient (Wildman–Crippen LogP) is -2.11. The van der Waals surface area contributed by atoms with Crippen molar-refractivity contribution in [3.05, 3.63) is 17.0 Å². The maximum absolute atomic E-state index is 10.9. The van der Waals surface area contributed by atoms with Crippen molar-refractivity contribution in [3.63, 3.8) is 0 Å². The van der Waals surface area contributed by atoms with Crippen LogP contribution in [0.25, 0.3) is 0 Å². The second kappa shape index (κ2) is 3.17. The lowest BCUT2D eigenvalue weighted by molar-refractivity contribution is 0.0965. The number of H-pyrrole nitrogens is 1. The summed E-state index contributed by atoms with van der Waals surface area (Å²) >= 11 is 0. The van der Waals surface area contributed by atoms with Crippen LogP contribution in [0.3, 0.4) is 0 Å². The van der Waals surface area contributed by atoms with Gasteiger partial charge in [0.25, 0.3) is 11.8 Å². The lowest BCUT2D eigenvalue weighted by atomic mass is 10.1. The fraction of sp³-hybridized carbons (Fsp3) is 0. The molecule has 0 aliphatic carbocycles. The van der Waals surface area contributed by atoms with Gasteiger partial charge >= 0.3 is 0 Å². The smallest absolute Gasteiger partial charge is 0.267 e. The quantitative estimate of drug-likeness (QED) is 0.276. The normalized spacial score (nSPS) is 9.71. The van der Waals surface area contributed by atoms with Gasteiger partial charge in [0.1, 0.15) is 22.8 Å². The van der Waals surface area contributed by atoms with E-state index < -0.39 is 17.6 Å². The number of nitrogen functional groups attached to an aromatic ring is 1. The zero-order valence-electron chi connectivity index (χ0n) is 7.00. The summed E-state index contributed by atoms with van der Waals surface area (Å²) in [5, 5.41) is 12.7. The van der Waals surface area contributed by atoms with Crippen LogP contribution in [0.2, 0.25) is 0 Å². The van der Waals surface area contributed by atoms with E-state index in [1.807, 2.05) is 0 Å². The number of nitrogens with two attached hydrogens (primary N) is 3. The minimum absolute atomic E-state index is 0.175. The van der Waals surface area contributed by atoms with Crippen molar-refractivity contribution in [2.75, 3.05) is 0 Å². The molecule has 0 bridgehead atoms. The molecule has 14 heavy (non-hydrogen) atoms. The first-order chi connectivity index (χ1) is 6.45. The summed E-state index contributed by atoms with van der Waals surface area (Å²) < 4.78 is 0. The van der Waals surface area contributed by atoms with Crippen molar-refractivity contribution in [1.82, 2.24) is 10.2 Å². The van der Waals surface area contributed by atoms with E-state index in [1.54, 1.807) is 0 Å². The topological polar surface area (TPSA) is 165 Å². The highest BCUT2D eigenvalue weighted by molar-refractivity contribution is 6.12. The van der Waals surface area contributed by atoms with Crippen LogP contribution in [0.15, 0.2) is 0 Å². The van der Waals surface area contributed by atoms with Crippen LogP contribution in [0.4, 0.5) is 0 Å². The lowest BCUT2D eigenvalue weighted by Gasteiger charge is -1.96. The molecule has 0 atom stereocenters. The number of rotatable bonds is 3. The number of hydrogen-bond donors (Lipinski definition) is 5. The van der Waals surface area contributed by atoms with Crippen LogP contribution in [-0.2, 0) is 0 Å². The lowest BCUT2D eigenvalue weighted by Crippen LogP contribution is -2.23. The minimum Gasteiger partial charge on any atom is -0.382 e. The van der Waals surface area contributed by atoms with Crippen molar-refractivity contribution < 1.29 is 9.59 Å². The van der Waals surface area contributed by atoms with Gasteiger partial charge in [-0.1, -0.05) is 0 Å². The van der Waals surface area contributed by atoms with Gasteiger partial charge in [0.05, 0.1) is 0 Å². The Morgan fingerprint density at radius 3 is 2.14 bits per heavy atom. The van der Waals surface area contributed by atoms with Gasteiger partial charge < -0.3 is 17.2 Å². The van der Waals surface area contributed by atoms with E-state index in [0.717, 1.165) is 0 Å². The molecule has 2 amide bonds. The number of carbonyl (C=O) groups excluding carboxylic acids is 2. The Balaban J connectivity index is 3.42. The number of amides is 2. The van der Waals surface area contributed by atoms with Gasteiger partial charge in [0, 0.05) is 0 Å². The monoisotopic (exact) mass is 196 g/mol. The van der Waals surface area contributed by atoms with Crippen molar-refractivity contribution in [2.45, 2.75) is 0 Å². The van der Waals surface area contributed by atoms with Gasteiger partial charge in [-0.15, -0.1) is 0 Å². The van der Waals surface area contributed by atoms with Crippen LogP contribution >= 0.6 is 0 Å². The number of aromatic nitrogens is 2. The Labute approximate surface area is 78.0 Å². The number of amidine groups is 1. The Kier molecular flexibility index (Phi) is 2.19. The second-order valence-electron chi connectivity index (χ2n) is 2.46. The third-order valence-electron chi connectivity index (χ3n) is 1.51. The maximum Gasteiger partial charge on any atom is 0.267 e. The van der Waals surface area contributed by atoms with Gasteiger partial charge in [-0.2, -0.15) is 5.10 Å². The molecule has 0 fully saturated rings. The van der Waals surface area contributed by atoms with Crippen LogP contribution in [-0.4, -0.2) is 27.8 Å². The fourth-order valence-corrected chi connectivity index (χ4v) is 0.955. The van der Waals surface area contributed by atoms with E-state index in [9.17, 15) is 9.59 Å². The summed E-state index contributed by atoms with van der Waals surface area (Å²) in [6, 6.07) is 0. The van der Waals surface area contributed by atoms with E-state index in [-0.39, 0.29) is 17.0 Å². The van der Waals surface area contributed by atoms with Gasteiger partial charge in [-0.05, 0) is 0 Å². The molecule has 0 aliphatic rings. The molecule has 0 aromatic carbocycles. The first kappa shape index (κ1) is 9.71. The van der Waals surface area contributed by atoms with E-state index >= 15 is 0 Å². The number of hydrogen-bond acceptors (Lipinski definition) is 4. The Morgan fingerprint density at radius 2 is 1.79 bits per heavy atom. The molecule has 1 aromatic rings. The van der Waals surface area contributed by atoms with Crippen molar-refractivity contribution >= 4 is 17.6 Å². The molecule has 0 unspecified atom stereocenters. The summed E-state index contributed by atoms with van der Waals surface area (Å²) in [4.78, 5) is 21.7. The van der Waals surface area contributed by atoms with E-state index in [0.29, 0.717) is 0 Å². The van der Waals surface area contributed by atoms with Crippen molar-refractivity contribution in [3.8, 4) is 0 Å². The molecule has 1 rings (SSSR count). The Bertz CT molecular complexity index is 388. The molecular formula is C6H8N6O2. The first-order valence-electron chi connectivity index (χ1n) is 3.47. The van der Waals surface area contributed by atoms with Gasteiger partial charge in [-0.25, -0.2) is 0 Å². The van der Waals surface area contributed by atoms with Crippen LogP contribution < -0.4 is 17.2 Å². The molecule has 8 heteroatoms. The standard InChI is InChI=1S/C6H8N6O2/c7-4(8)2-1(5(9)13)3(6(10)14)12-11-2/h(H3,7,8)(H2,9,13)(H2,10,14)(H,11,12). The maximum atomic E-state index is 10.9. The zero-order valence-corrected chi connectivity index (χ0v) is 7.00. The SMILES string of the molecule is N=C(N)c1n[nH]c(C(N)=O)c1C(N)=O. The zero-order chi connectivity index (χ0) is 10.9. The van der Waals surface area contributed by atoms with E-state index in [4.69, 9.17) is 22.6 Å². The fourth-order valence-electron chi connectivity index (χ4n) is 0.955. The Morgan fingerprint density at radius 1 is 1.21 bits per heavy atom. The molecule has 1 heterocycles. The molecule has 0 saturated heterocycles. The molecule has 8 nitrogen and oxygen atoms in total. The third kappa shape index (κ3) is 1.40. The highest BCUT2D eigenvalue weighted by atomic mass is 16.2. The predicted molar refractivity (Wildman–Crippen MR) is 46.6 cm³/mol. The molecule has 74 valence electrons. The summed E-state index contributed by atoms with van der Waals surface area (Å²) in [7, 11) is 0. The third-order valence-corrected chi connectivity index (χ3v) is 1.51. The Hall–Kier alpha value is -2.38. The summed E-state index contributed by atoms with van der Waals surface area (Å²) in [5.41, 5.74) is 14.3. The van der Waals surface area contributed by atoms with Gasteiger partial charge in [-0.3, -0.25) is 20.1 Å². The first-order valence-corrected chi connectivity index (χ1v) is 3.47. The van der Waals surface area contributed by atoms with Crippen LogP contribution in [0.1, 0.15) is 26.5 Å². The molecule has 0 radical (unpaired) electrons. The van der Waals surface area contributed by atoms with Gasteiger partial charge in [0.15, 0.2) is 0 Å². The highest BCUT2D eigenvalue weighted by Gasteiger charge is 2.22. The largest absolute Gasteiger partial charge is 0.382 e. The molecular weight excluding hydrogens is 188 g/mol. The highest BCUT2D eigenvalue weighted by Crippen LogP contribution is 2.09. The van der Waals surface area contributed by atoms with Crippen LogP contribution in [0, 0.1) is 5.41 Å². The molecule has 1 aromatic heterocycles. The summed E-state index contributed by atoms with van der Waals surface area (Å²) in [5.74, 6) is -2.28. The second-order valence-corrected chi connectivity index (χ2v) is 2.46. The van der Waals surface area contributed by atoms with E-state index in [2.05, 4.69) is 10.2 Å². The summed E-state index contributed by atoms with van der Waals surface area (Å²) in [6.45, 7) is 0. The number of nitrogens with one attached hydrogen (secondary N) is 2. The van der Waals surface area contributed by atoms with Crippen molar-refractivity contribution in [1.29, 1.82) is 5.41 Å². The van der Waals surface area contributed by atoms with Gasteiger partial charge in [0.2, 0.25) is 0 Å². The number of carbonyl (C=O) groups is 2. The average Bonchev–Trinajstić information content (AvgIpc) is 2.46. The summed E-state index contributed by atoms with van der Waals surface area (Å²) in [6.07, 6.45) is 0. The van der Waals surface area contributed by atoms with E-state index in [1.165, 1.54) is 0 Å². The number of nitrogens with zero attached hydrogens (tertiary/aromatic N) is 1. The average molecular weight is 196 g/mol. The minimum atomic E-state index is -0.919. The molecule has 0 spiro atoms. The number of aromatic amines is 1.